The van der Waals surface area contributed by atoms with Crippen molar-refractivity contribution in [2.75, 3.05) is 18.9 Å². The van der Waals surface area contributed by atoms with Crippen molar-refractivity contribution in [3.63, 3.8) is 0 Å². The Hall–Kier alpha value is -2.62. The number of sulfone groups is 1. The highest BCUT2D eigenvalue weighted by molar-refractivity contribution is 7.91. The largest absolute Gasteiger partial charge is 0.485 e. The molecule has 9 nitrogen and oxygen atoms in total. The van der Waals surface area contributed by atoms with Crippen LogP contribution in [0.3, 0.4) is 0 Å². The number of likely N-dealkylation sites (tertiary alicyclic amines) is 1. The van der Waals surface area contributed by atoms with Gasteiger partial charge in [0.15, 0.2) is 11.5 Å². The molecule has 0 saturated carbocycles. The second-order valence-electron chi connectivity index (χ2n) is 6.96. The van der Waals surface area contributed by atoms with Gasteiger partial charge in [-0.1, -0.05) is 17.2 Å². The van der Waals surface area contributed by atoms with Crippen LogP contribution in [-0.2, 0) is 14.6 Å². The first kappa shape index (κ1) is 18.7. The van der Waals surface area contributed by atoms with Crippen LogP contribution in [0.2, 0.25) is 0 Å². The molecule has 4 rings (SSSR count). The number of benzene rings is 1. The number of hydrogen-bond donors (Lipinski definition) is 0. The summed E-state index contributed by atoms with van der Waals surface area (Å²) in [4.78, 5) is 14.1. The topological polar surface area (TPSA) is 112 Å². The van der Waals surface area contributed by atoms with Crippen LogP contribution < -0.4 is 9.47 Å². The Kier molecular flexibility index (Phi) is 4.96. The summed E-state index contributed by atoms with van der Waals surface area (Å²) in [6.45, 7) is 2.60. The molecule has 1 fully saturated rings. The molecule has 1 amide bonds. The molecule has 2 unspecified atom stereocenters. The van der Waals surface area contributed by atoms with Gasteiger partial charge in [0.1, 0.15) is 12.4 Å². The van der Waals surface area contributed by atoms with Crippen LogP contribution in [0.15, 0.2) is 33.9 Å². The second kappa shape index (κ2) is 7.42. The Morgan fingerprint density at radius 2 is 2.00 bits per heavy atom. The molecule has 0 radical (unpaired) electrons. The van der Waals surface area contributed by atoms with E-state index in [4.69, 9.17) is 13.9 Å². The smallest absolute Gasteiger partial charge is 0.336 e. The van der Waals surface area contributed by atoms with E-state index >= 15 is 0 Å². The Labute approximate surface area is 162 Å². The van der Waals surface area contributed by atoms with Gasteiger partial charge in [-0.25, -0.2) is 8.42 Å². The quantitative estimate of drug-likeness (QED) is 0.754. The predicted molar refractivity (Wildman–Crippen MR) is 96.7 cm³/mol. The number of rotatable bonds is 4. The number of carbonyl (C=O) groups excluding carboxylic acids is 1. The van der Waals surface area contributed by atoms with Crippen LogP contribution in [0.1, 0.15) is 38.2 Å². The third kappa shape index (κ3) is 3.68. The summed E-state index contributed by atoms with van der Waals surface area (Å²) in [6.07, 6.45) is 2.07. The zero-order chi connectivity index (χ0) is 19.7. The van der Waals surface area contributed by atoms with Crippen molar-refractivity contribution in [2.45, 2.75) is 43.6 Å². The van der Waals surface area contributed by atoms with Crippen LogP contribution in [-0.4, -0.2) is 54.4 Å². The highest BCUT2D eigenvalue weighted by Gasteiger charge is 2.33. The molecule has 0 aliphatic carbocycles. The molecular formula is C18H21N3O6S. The van der Waals surface area contributed by atoms with E-state index < -0.39 is 32.8 Å². The summed E-state index contributed by atoms with van der Waals surface area (Å²) in [6, 6.07) is 7.14. The Balaban J connectivity index is 1.47. The van der Waals surface area contributed by atoms with E-state index in [0.717, 1.165) is 19.3 Å². The number of hydrogen-bond acceptors (Lipinski definition) is 8. The van der Waals surface area contributed by atoms with Gasteiger partial charge in [-0.3, -0.25) is 4.79 Å². The van der Waals surface area contributed by atoms with Crippen LogP contribution in [0.25, 0.3) is 0 Å². The summed E-state index contributed by atoms with van der Waals surface area (Å²) in [5, 5.41) is 6.83. The van der Waals surface area contributed by atoms with Crippen molar-refractivity contribution in [3.8, 4) is 11.5 Å². The Morgan fingerprint density at radius 3 is 2.79 bits per heavy atom. The molecule has 2 aromatic rings. The van der Waals surface area contributed by atoms with Crippen LogP contribution >= 0.6 is 0 Å². The van der Waals surface area contributed by atoms with Crippen molar-refractivity contribution < 1.29 is 27.1 Å². The molecule has 28 heavy (non-hydrogen) atoms. The minimum Gasteiger partial charge on any atom is -0.485 e. The van der Waals surface area contributed by atoms with Gasteiger partial charge in [0.25, 0.3) is 5.89 Å². The zero-order valence-corrected chi connectivity index (χ0v) is 16.2. The van der Waals surface area contributed by atoms with Crippen molar-refractivity contribution in [1.29, 1.82) is 0 Å². The maximum absolute atomic E-state index is 12.6. The molecule has 2 atom stereocenters. The standard InChI is InChI=1S/C18H21N3O6S/c1-12-6-4-5-9-21(12)16(22)11-28(23,24)18-20-19-17(27-18)15-10-25-13-7-2-3-8-14(13)26-15/h2-3,7-8,12,15H,4-6,9-11H2,1H3. The number of nitrogens with zero attached hydrogens (tertiary/aromatic N) is 3. The predicted octanol–water partition coefficient (Wildman–Crippen LogP) is 1.76. The third-order valence-corrected chi connectivity index (χ3v) is 6.23. The van der Waals surface area contributed by atoms with Crippen LogP contribution in [0, 0.1) is 0 Å². The number of piperidine rings is 1. The summed E-state index contributed by atoms with van der Waals surface area (Å²) in [7, 11) is -4.04. The summed E-state index contributed by atoms with van der Waals surface area (Å²) in [5.74, 6) is -0.0444. The lowest BCUT2D eigenvalue weighted by Gasteiger charge is -2.33. The average molecular weight is 407 g/mol. The molecule has 2 aliphatic rings. The summed E-state index contributed by atoms with van der Waals surface area (Å²) >= 11 is 0. The van der Waals surface area contributed by atoms with E-state index in [0.29, 0.717) is 18.0 Å². The van der Waals surface area contributed by atoms with Crippen molar-refractivity contribution in [1.82, 2.24) is 15.1 Å². The molecule has 1 aromatic carbocycles. The van der Waals surface area contributed by atoms with E-state index in [1.54, 1.807) is 23.1 Å². The average Bonchev–Trinajstić information content (AvgIpc) is 3.19. The molecule has 1 aromatic heterocycles. The lowest BCUT2D eigenvalue weighted by molar-refractivity contribution is -0.131. The third-order valence-electron chi connectivity index (χ3n) is 4.91. The maximum Gasteiger partial charge on any atom is 0.336 e. The number of amides is 1. The van der Waals surface area contributed by atoms with Crippen LogP contribution in [0.4, 0.5) is 0 Å². The van der Waals surface area contributed by atoms with Gasteiger partial charge in [0.05, 0.1) is 0 Å². The first-order valence-electron chi connectivity index (χ1n) is 9.18. The van der Waals surface area contributed by atoms with Crippen molar-refractivity contribution in [3.05, 3.63) is 30.2 Å². The monoisotopic (exact) mass is 407 g/mol. The van der Waals surface area contributed by atoms with E-state index in [9.17, 15) is 13.2 Å². The molecule has 150 valence electrons. The number of para-hydroxylation sites is 2. The fourth-order valence-corrected chi connectivity index (χ4v) is 4.39. The van der Waals surface area contributed by atoms with Gasteiger partial charge in [0.2, 0.25) is 21.8 Å². The van der Waals surface area contributed by atoms with Crippen molar-refractivity contribution in [2.24, 2.45) is 0 Å². The lowest BCUT2D eigenvalue weighted by atomic mass is 10.0. The number of aromatic nitrogens is 2. The van der Waals surface area contributed by atoms with Gasteiger partial charge in [-0.15, -0.1) is 5.10 Å². The van der Waals surface area contributed by atoms with Gasteiger partial charge in [0, 0.05) is 12.6 Å². The molecule has 0 bridgehead atoms. The highest BCUT2D eigenvalue weighted by atomic mass is 32.2. The van der Waals surface area contributed by atoms with Gasteiger partial charge < -0.3 is 18.8 Å². The molecule has 0 spiro atoms. The van der Waals surface area contributed by atoms with Crippen LogP contribution in [0.5, 0.6) is 11.5 Å². The van der Waals surface area contributed by atoms with Gasteiger partial charge in [-0.2, -0.15) is 0 Å². The number of carbonyl (C=O) groups is 1. The SMILES string of the molecule is CC1CCCCN1C(=O)CS(=O)(=O)c1nnc(C2COc3ccccc3O2)o1. The molecule has 10 heteroatoms. The highest BCUT2D eigenvalue weighted by Crippen LogP contribution is 2.35. The van der Waals surface area contributed by atoms with E-state index in [1.807, 2.05) is 13.0 Å². The Bertz CT molecular complexity index is 973. The first-order valence-corrected chi connectivity index (χ1v) is 10.8. The first-order chi connectivity index (χ1) is 13.4. The van der Waals surface area contributed by atoms with Gasteiger partial charge >= 0.3 is 5.22 Å². The minimum absolute atomic E-state index is 0.00753. The fourth-order valence-electron chi connectivity index (χ4n) is 3.39. The normalized spacial score (nSPS) is 22.1. The van der Waals surface area contributed by atoms with Crippen molar-refractivity contribution >= 4 is 15.7 Å². The lowest BCUT2D eigenvalue weighted by Crippen LogP contribution is -2.44. The van der Waals surface area contributed by atoms with E-state index in [2.05, 4.69) is 10.2 Å². The maximum atomic E-state index is 12.6. The molecule has 0 N–H and O–H groups in total. The fraction of sp³-hybridized carbons (Fsp3) is 0.500. The van der Waals surface area contributed by atoms with E-state index in [-0.39, 0.29) is 18.5 Å². The number of ether oxygens (including phenoxy) is 2. The molecule has 3 heterocycles. The minimum atomic E-state index is -4.04. The second-order valence-corrected chi connectivity index (χ2v) is 8.83. The molecular weight excluding hydrogens is 386 g/mol. The number of fused-ring (bicyclic) bond motifs is 1. The molecule has 1 saturated heterocycles. The zero-order valence-electron chi connectivity index (χ0n) is 15.4. The van der Waals surface area contributed by atoms with Gasteiger partial charge in [-0.05, 0) is 38.3 Å². The molecule has 2 aliphatic heterocycles. The summed E-state index contributed by atoms with van der Waals surface area (Å²) < 4.78 is 41.8. The summed E-state index contributed by atoms with van der Waals surface area (Å²) in [5.41, 5.74) is 0. The van der Waals surface area contributed by atoms with E-state index in [1.165, 1.54) is 0 Å². The Morgan fingerprint density at radius 1 is 1.21 bits per heavy atom.